The lowest BCUT2D eigenvalue weighted by Gasteiger charge is -2.03. The quantitative estimate of drug-likeness (QED) is 0.825. The van der Waals surface area contributed by atoms with Crippen molar-refractivity contribution < 1.29 is 18.7 Å². The predicted octanol–water partition coefficient (Wildman–Crippen LogP) is 3.09. The van der Waals surface area contributed by atoms with Gasteiger partial charge in [-0.05, 0) is 24.1 Å². The Kier molecular flexibility index (Phi) is 5.21. The van der Waals surface area contributed by atoms with Gasteiger partial charge in [0.25, 0.3) is 0 Å². The van der Waals surface area contributed by atoms with E-state index in [0.717, 1.165) is 11.8 Å². The molecule has 0 saturated heterocycles. The van der Waals surface area contributed by atoms with Crippen molar-refractivity contribution in [2.75, 3.05) is 11.9 Å². The first kappa shape index (κ1) is 15.4. The summed E-state index contributed by atoms with van der Waals surface area (Å²) < 4.78 is 26.0. The number of aromatic nitrogens is 1. The summed E-state index contributed by atoms with van der Waals surface area (Å²) in [4.78, 5) is 14.7. The zero-order valence-corrected chi connectivity index (χ0v) is 11.9. The van der Waals surface area contributed by atoms with Gasteiger partial charge in [-0.25, -0.2) is 13.8 Å². The highest BCUT2D eigenvalue weighted by Gasteiger charge is 2.05. The van der Waals surface area contributed by atoms with Crippen molar-refractivity contribution in [3.8, 4) is 0 Å². The summed E-state index contributed by atoms with van der Waals surface area (Å²) in [6.07, 6.45) is 0.910. The molecule has 2 aromatic rings. The van der Waals surface area contributed by atoms with Crippen molar-refractivity contribution in [1.82, 2.24) is 4.98 Å². The topological polar surface area (TPSA) is 62.2 Å². The largest absolute Gasteiger partial charge is 0.481 e. The number of benzene rings is 1. The molecule has 1 aromatic heterocycles. The van der Waals surface area contributed by atoms with E-state index in [0.29, 0.717) is 30.1 Å². The number of thiazole rings is 1. The fourth-order valence-corrected chi connectivity index (χ4v) is 2.58. The lowest BCUT2D eigenvalue weighted by Crippen LogP contribution is -2.05. The maximum absolute atomic E-state index is 13.0. The molecule has 0 spiro atoms. The summed E-state index contributed by atoms with van der Waals surface area (Å²) in [5.41, 5.74) is 1.30. The first-order valence-electron chi connectivity index (χ1n) is 6.38. The Bertz CT molecular complexity index is 611. The molecule has 4 nitrogen and oxygen atoms in total. The van der Waals surface area contributed by atoms with E-state index in [4.69, 9.17) is 5.11 Å². The van der Waals surface area contributed by atoms with E-state index in [1.807, 2.05) is 0 Å². The minimum absolute atomic E-state index is 0.0474. The third-order valence-corrected chi connectivity index (χ3v) is 3.61. The number of hydrogen-bond acceptors (Lipinski definition) is 4. The number of rotatable bonds is 7. The Balaban J connectivity index is 1.81. The lowest BCUT2D eigenvalue weighted by atomic mass is 10.1. The van der Waals surface area contributed by atoms with Crippen LogP contribution >= 0.6 is 11.3 Å². The first-order valence-corrected chi connectivity index (χ1v) is 7.26. The minimum Gasteiger partial charge on any atom is -0.481 e. The van der Waals surface area contributed by atoms with E-state index < -0.39 is 17.6 Å². The van der Waals surface area contributed by atoms with Crippen LogP contribution in [0.15, 0.2) is 23.6 Å². The molecular formula is C14H14F2N2O2S. The molecule has 0 amide bonds. The number of nitrogens with zero attached hydrogens (tertiary/aromatic N) is 1. The molecule has 0 atom stereocenters. The average molecular weight is 312 g/mol. The van der Waals surface area contributed by atoms with Gasteiger partial charge in [-0.1, -0.05) is 0 Å². The molecule has 0 saturated carbocycles. The van der Waals surface area contributed by atoms with Crippen LogP contribution in [0.25, 0.3) is 0 Å². The van der Waals surface area contributed by atoms with E-state index in [-0.39, 0.29) is 6.42 Å². The van der Waals surface area contributed by atoms with Gasteiger partial charge >= 0.3 is 5.97 Å². The number of anilines is 1. The highest BCUT2D eigenvalue weighted by atomic mass is 32.1. The number of carboxylic acids is 1. The van der Waals surface area contributed by atoms with Crippen LogP contribution in [0.3, 0.4) is 0 Å². The second kappa shape index (κ2) is 7.12. The Morgan fingerprint density at radius 1 is 1.24 bits per heavy atom. The van der Waals surface area contributed by atoms with Gasteiger partial charge in [0.1, 0.15) is 11.6 Å². The summed E-state index contributed by atoms with van der Waals surface area (Å²) in [7, 11) is 0. The van der Waals surface area contributed by atoms with Crippen LogP contribution < -0.4 is 5.32 Å². The van der Waals surface area contributed by atoms with Gasteiger partial charge in [0.05, 0.1) is 12.1 Å². The van der Waals surface area contributed by atoms with Crippen LogP contribution in [0, 0.1) is 11.6 Å². The molecule has 0 radical (unpaired) electrons. The summed E-state index contributed by atoms with van der Waals surface area (Å²) in [6, 6.07) is 3.43. The minimum atomic E-state index is -0.856. The Morgan fingerprint density at radius 3 is 2.62 bits per heavy atom. The van der Waals surface area contributed by atoms with Crippen molar-refractivity contribution in [2.24, 2.45) is 0 Å². The SMILES string of the molecule is O=C(O)CCc1csc(NCCc2cc(F)cc(F)c2)n1. The van der Waals surface area contributed by atoms with E-state index in [9.17, 15) is 13.6 Å². The lowest BCUT2D eigenvalue weighted by molar-refractivity contribution is -0.136. The molecule has 0 unspecified atom stereocenters. The Morgan fingerprint density at radius 2 is 1.95 bits per heavy atom. The van der Waals surface area contributed by atoms with Crippen molar-refractivity contribution in [3.63, 3.8) is 0 Å². The average Bonchev–Trinajstić information content (AvgIpc) is 2.83. The normalized spacial score (nSPS) is 10.6. The van der Waals surface area contributed by atoms with Gasteiger partial charge in [-0.2, -0.15) is 0 Å². The van der Waals surface area contributed by atoms with Crippen molar-refractivity contribution >= 4 is 22.4 Å². The number of carbonyl (C=O) groups is 1. The number of aliphatic carboxylic acids is 1. The van der Waals surface area contributed by atoms with Gasteiger partial charge < -0.3 is 10.4 Å². The van der Waals surface area contributed by atoms with Crippen LogP contribution in [-0.2, 0) is 17.6 Å². The Labute approximate surface area is 124 Å². The zero-order chi connectivity index (χ0) is 15.2. The molecule has 2 rings (SSSR count). The summed E-state index contributed by atoms with van der Waals surface area (Å²) in [6.45, 7) is 0.495. The second-order valence-corrected chi connectivity index (χ2v) is 5.35. The molecule has 2 N–H and O–H groups in total. The molecule has 0 aliphatic carbocycles. The summed E-state index contributed by atoms with van der Waals surface area (Å²) in [5.74, 6) is -2.03. The fourth-order valence-electron chi connectivity index (χ4n) is 1.81. The Hall–Kier alpha value is -2.02. The molecular weight excluding hydrogens is 298 g/mol. The van der Waals surface area contributed by atoms with Crippen LogP contribution in [0.4, 0.5) is 13.9 Å². The molecule has 112 valence electrons. The molecule has 1 heterocycles. The molecule has 7 heteroatoms. The maximum atomic E-state index is 13.0. The first-order chi connectivity index (χ1) is 10.0. The smallest absolute Gasteiger partial charge is 0.303 e. The van der Waals surface area contributed by atoms with Gasteiger partial charge in [0, 0.05) is 24.4 Å². The van der Waals surface area contributed by atoms with Gasteiger partial charge in [0.2, 0.25) is 0 Å². The van der Waals surface area contributed by atoms with Crippen LogP contribution in [0.1, 0.15) is 17.7 Å². The highest BCUT2D eigenvalue weighted by Crippen LogP contribution is 2.17. The van der Waals surface area contributed by atoms with Crippen LogP contribution in [-0.4, -0.2) is 22.6 Å². The van der Waals surface area contributed by atoms with Crippen molar-refractivity contribution in [2.45, 2.75) is 19.3 Å². The third-order valence-electron chi connectivity index (χ3n) is 2.76. The standard InChI is InChI=1S/C14H14F2N2O2S/c15-10-5-9(6-11(16)7-10)3-4-17-14-18-12(8-21-14)1-2-13(19)20/h5-8H,1-4H2,(H,17,18)(H,19,20). The van der Waals surface area contributed by atoms with Crippen molar-refractivity contribution in [1.29, 1.82) is 0 Å². The van der Waals surface area contributed by atoms with Gasteiger partial charge in [-0.3, -0.25) is 4.79 Å². The zero-order valence-electron chi connectivity index (χ0n) is 11.1. The fraction of sp³-hybridized carbons (Fsp3) is 0.286. The number of hydrogen-bond donors (Lipinski definition) is 2. The molecule has 0 aliphatic rings. The van der Waals surface area contributed by atoms with Crippen LogP contribution in [0.2, 0.25) is 0 Å². The molecule has 0 aliphatic heterocycles. The summed E-state index contributed by atoms with van der Waals surface area (Å²) in [5, 5.41) is 14.1. The number of carboxylic acid groups (broad SMARTS) is 1. The number of aryl methyl sites for hydroxylation is 1. The highest BCUT2D eigenvalue weighted by molar-refractivity contribution is 7.13. The van der Waals surface area contributed by atoms with E-state index in [2.05, 4.69) is 10.3 Å². The maximum Gasteiger partial charge on any atom is 0.303 e. The molecule has 0 fully saturated rings. The van der Waals surface area contributed by atoms with Gasteiger partial charge in [-0.15, -0.1) is 11.3 Å². The molecule has 1 aromatic carbocycles. The third kappa shape index (κ3) is 5.11. The second-order valence-electron chi connectivity index (χ2n) is 4.49. The van der Waals surface area contributed by atoms with E-state index in [1.165, 1.54) is 23.5 Å². The monoisotopic (exact) mass is 312 g/mol. The molecule has 21 heavy (non-hydrogen) atoms. The van der Waals surface area contributed by atoms with E-state index in [1.54, 1.807) is 5.38 Å². The predicted molar refractivity (Wildman–Crippen MR) is 76.6 cm³/mol. The number of nitrogens with one attached hydrogen (secondary N) is 1. The molecule has 0 bridgehead atoms. The van der Waals surface area contributed by atoms with Gasteiger partial charge in [0.15, 0.2) is 5.13 Å². The van der Waals surface area contributed by atoms with Crippen molar-refractivity contribution in [3.05, 3.63) is 46.5 Å². The number of halogens is 2. The van der Waals surface area contributed by atoms with E-state index >= 15 is 0 Å². The van der Waals surface area contributed by atoms with Crippen LogP contribution in [0.5, 0.6) is 0 Å². The summed E-state index contributed by atoms with van der Waals surface area (Å²) >= 11 is 1.38.